The number of H-pyrrole nitrogens is 1. The van der Waals surface area contributed by atoms with Crippen LogP contribution in [0.15, 0.2) is 18.2 Å². The summed E-state index contributed by atoms with van der Waals surface area (Å²) in [5.41, 5.74) is 3.26. The van der Waals surface area contributed by atoms with Crippen molar-refractivity contribution >= 4 is 28.7 Å². The Morgan fingerprint density at radius 2 is 2.11 bits per heavy atom. The number of carbonyl (C=O) groups is 1. The van der Waals surface area contributed by atoms with Crippen molar-refractivity contribution in [1.29, 1.82) is 0 Å². The molecule has 2 aromatic rings. The molecule has 2 N–H and O–H groups in total. The molecule has 1 aromatic heterocycles. The first-order valence-electron chi connectivity index (χ1n) is 6.01. The highest BCUT2D eigenvalue weighted by Gasteiger charge is 2.38. The molecule has 0 saturated heterocycles. The van der Waals surface area contributed by atoms with Crippen molar-refractivity contribution < 1.29 is 4.79 Å². The summed E-state index contributed by atoms with van der Waals surface area (Å²) in [7, 11) is 0. The van der Waals surface area contributed by atoms with E-state index in [4.69, 9.17) is 0 Å². The van der Waals surface area contributed by atoms with E-state index in [-0.39, 0.29) is 5.91 Å². The van der Waals surface area contributed by atoms with Gasteiger partial charge in [-0.2, -0.15) is 0 Å². The number of rotatable bonds is 1. The van der Waals surface area contributed by atoms with E-state index in [0.717, 1.165) is 28.1 Å². The molecule has 0 bridgehead atoms. The molecule has 1 aliphatic heterocycles. The highest BCUT2D eigenvalue weighted by atomic mass is 16.2. The average Bonchev–Trinajstić information content (AvgIpc) is 2.77. The second kappa shape index (κ2) is 3.45. The Kier molecular flexibility index (Phi) is 2.11. The molecule has 1 amide bonds. The fraction of sp³-hybridized carbons (Fsp3) is 0.286. The van der Waals surface area contributed by atoms with E-state index in [2.05, 4.69) is 15.3 Å². The second-order valence-corrected chi connectivity index (χ2v) is 5.12. The number of anilines is 1. The van der Waals surface area contributed by atoms with E-state index in [0.29, 0.717) is 0 Å². The van der Waals surface area contributed by atoms with Crippen molar-refractivity contribution in [3.8, 4) is 0 Å². The highest BCUT2D eigenvalue weighted by molar-refractivity contribution is 6.07. The van der Waals surface area contributed by atoms with Gasteiger partial charge in [0.05, 0.1) is 16.4 Å². The van der Waals surface area contributed by atoms with Crippen LogP contribution in [0.4, 0.5) is 5.69 Å². The Bertz CT molecular complexity index is 680. The van der Waals surface area contributed by atoms with E-state index >= 15 is 0 Å². The number of hydrogen-bond donors (Lipinski definition) is 2. The van der Waals surface area contributed by atoms with Crippen LogP contribution in [-0.2, 0) is 10.2 Å². The van der Waals surface area contributed by atoms with Crippen molar-refractivity contribution in [3.05, 3.63) is 29.6 Å². The number of aromatic amines is 1. The van der Waals surface area contributed by atoms with Crippen LogP contribution >= 0.6 is 0 Å². The lowest BCUT2D eigenvalue weighted by Gasteiger charge is -2.14. The quantitative estimate of drug-likeness (QED) is 0.806. The van der Waals surface area contributed by atoms with E-state index in [1.165, 1.54) is 0 Å². The number of nitrogens with zero attached hydrogens (tertiary/aromatic N) is 1. The van der Waals surface area contributed by atoms with Crippen molar-refractivity contribution in [2.24, 2.45) is 0 Å². The summed E-state index contributed by atoms with van der Waals surface area (Å²) in [5.74, 6) is 0.874. The number of carbonyl (C=O) groups excluding carboxylic acids is 1. The third-order valence-electron chi connectivity index (χ3n) is 3.45. The van der Waals surface area contributed by atoms with Crippen molar-refractivity contribution in [1.82, 2.24) is 9.97 Å². The van der Waals surface area contributed by atoms with E-state index in [9.17, 15) is 4.79 Å². The number of amides is 1. The molecule has 92 valence electrons. The first-order chi connectivity index (χ1) is 8.52. The largest absolute Gasteiger partial charge is 0.338 e. The lowest BCUT2D eigenvalue weighted by Crippen LogP contribution is -2.26. The van der Waals surface area contributed by atoms with Gasteiger partial charge in [-0.05, 0) is 44.5 Å². The lowest BCUT2D eigenvalue weighted by atomic mass is 9.86. The molecule has 0 radical (unpaired) electrons. The number of benzene rings is 1. The Balaban J connectivity index is 2.23. The predicted molar refractivity (Wildman–Crippen MR) is 72.5 cm³/mol. The van der Waals surface area contributed by atoms with Crippen LogP contribution in [0, 0.1) is 0 Å². The summed E-state index contributed by atoms with van der Waals surface area (Å²) in [6, 6.07) is 3.95. The molecule has 1 aliphatic rings. The zero-order valence-corrected chi connectivity index (χ0v) is 10.7. The molecule has 0 saturated carbocycles. The number of hydrogen-bond acceptors (Lipinski definition) is 2. The van der Waals surface area contributed by atoms with E-state index in [1.54, 1.807) is 0 Å². The van der Waals surface area contributed by atoms with Crippen LogP contribution in [-0.4, -0.2) is 15.9 Å². The van der Waals surface area contributed by atoms with Gasteiger partial charge in [-0.25, -0.2) is 4.98 Å². The zero-order chi connectivity index (χ0) is 12.9. The van der Waals surface area contributed by atoms with Crippen LogP contribution < -0.4 is 5.32 Å². The predicted octanol–water partition coefficient (Wildman–Crippen LogP) is 2.83. The number of fused-ring (bicyclic) bond motifs is 2. The Morgan fingerprint density at radius 3 is 2.83 bits per heavy atom. The van der Waals surface area contributed by atoms with Crippen LogP contribution in [0.1, 0.15) is 32.2 Å². The van der Waals surface area contributed by atoms with Gasteiger partial charge in [-0.15, -0.1) is 0 Å². The van der Waals surface area contributed by atoms with Gasteiger partial charge >= 0.3 is 0 Å². The van der Waals surface area contributed by atoms with Crippen LogP contribution in [0.5, 0.6) is 0 Å². The number of imidazole rings is 1. The summed E-state index contributed by atoms with van der Waals surface area (Å²) in [4.78, 5) is 19.6. The smallest absolute Gasteiger partial charge is 0.234 e. The number of allylic oxidation sites excluding steroid dienone is 1. The van der Waals surface area contributed by atoms with Crippen molar-refractivity contribution in [3.63, 3.8) is 0 Å². The van der Waals surface area contributed by atoms with Gasteiger partial charge in [-0.1, -0.05) is 6.08 Å². The molecule has 0 spiro atoms. The molecular weight excluding hydrogens is 226 g/mol. The summed E-state index contributed by atoms with van der Waals surface area (Å²) >= 11 is 0. The molecular formula is C14H15N3O. The minimum absolute atomic E-state index is 0.0406. The lowest BCUT2D eigenvalue weighted by molar-refractivity contribution is -0.119. The van der Waals surface area contributed by atoms with Crippen LogP contribution in [0.3, 0.4) is 0 Å². The SMILES string of the molecule is C/C=C/c1nc2cc3c(cc2[nH]1)C(C)(C)C(=O)N3. The Morgan fingerprint density at radius 1 is 1.33 bits per heavy atom. The fourth-order valence-corrected chi connectivity index (χ4v) is 2.33. The average molecular weight is 241 g/mol. The molecule has 0 unspecified atom stereocenters. The van der Waals surface area contributed by atoms with E-state index < -0.39 is 5.41 Å². The molecule has 18 heavy (non-hydrogen) atoms. The molecule has 1 aromatic carbocycles. The van der Waals surface area contributed by atoms with Gasteiger partial charge in [0.2, 0.25) is 5.91 Å². The molecule has 2 heterocycles. The maximum atomic E-state index is 11.9. The van der Waals surface area contributed by atoms with Crippen molar-refractivity contribution in [2.45, 2.75) is 26.2 Å². The molecule has 3 rings (SSSR count). The first kappa shape index (κ1) is 11.0. The van der Waals surface area contributed by atoms with Crippen LogP contribution in [0.25, 0.3) is 17.1 Å². The van der Waals surface area contributed by atoms with E-state index in [1.807, 2.05) is 45.1 Å². The highest BCUT2D eigenvalue weighted by Crippen LogP contribution is 2.39. The fourth-order valence-electron chi connectivity index (χ4n) is 2.33. The number of aromatic nitrogens is 2. The molecule has 4 heteroatoms. The van der Waals surface area contributed by atoms with Gasteiger partial charge < -0.3 is 10.3 Å². The minimum Gasteiger partial charge on any atom is -0.338 e. The Hall–Kier alpha value is -2.10. The maximum Gasteiger partial charge on any atom is 0.234 e. The minimum atomic E-state index is -0.477. The summed E-state index contributed by atoms with van der Waals surface area (Å²) in [6.07, 6.45) is 3.87. The Labute approximate surface area is 105 Å². The topological polar surface area (TPSA) is 57.8 Å². The van der Waals surface area contributed by atoms with Gasteiger partial charge in [-0.3, -0.25) is 4.79 Å². The zero-order valence-electron chi connectivity index (χ0n) is 10.7. The van der Waals surface area contributed by atoms with Gasteiger partial charge in [0, 0.05) is 5.69 Å². The van der Waals surface area contributed by atoms with Crippen molar-refractivity contribution in [2.75, 3.05) is 5.32 Å². The molecule has 4 nitrogen and oxygen atoms in total. The van der Waals surface area contributed by atoms with Gasteiger partial charge in [0.15, 0.2) is 0 Å². The third kappa shape index (κ3) is 1.38. The maximum absolute atomic E-state index is 11.9. The first-order valence-corrected chi connectivity index (χ1v) is 6.01. The van der Waals surface area contributed by atoms with Gasteiger partial charge in [0.1, 0.15) is 5.82 Å². The summed E-state index contributed by atoms with van der Waals surface area (Å²) in [5, 5.41) is 2.91. The molecule has 0 atom stereocenters. The number of nitrogens with one attached hydrogen (secondary N) is 2. The molecule has 0 aliphatic carbocycles. The summed E-state index contributed by atoms with van der Waals surface area (Å²) < 4.78 is 0. The standard InChI is InChI=1S/C14H15N3O/c1-4-5-12-15-10-6-8-9(7-11(10)16-12)17-13(18)14(8,2)3/h4-7H,1-3H3,(H,15,16)(H,17,18)/b5-4+. The third-order valence-corrected chi connectivity index (χ3v) is 3.45. The van der Waals surface area contributed by atoms with Gasteiger partial charge in [0.25, 0.3) is 0 Å². The summed E-state index contributed by atoms with van der Waals surface area (Å²) in [6.45, 7) is 5.82. The molecule has 0 fully saturated rings. The second-order valence-electron chi connectivity index (χ2n) is 5.12. The van der Waals surface area contributed by atoms with Crippen LogP contribution in [0.2, 0.25) is 0 Å². The normalized spacial score (nSPS) is 17.4. The monoisotopic (exact) mass is 241 g/mol.